The number of nitrogens with one attached hydrogen (secondary N) is 1. The number of hydrogen-bond acceptors (Lipinski definition) is 4. The molecular formula is C15H20N4O3. The highest BCUT2D eigenvalue weighted by Crippen LogP contribution is 2.57. The lowest BCUT2D eigenvalue weighted by molar-refractivity contribution is -0.385. The molecule has 0 unspecified atom stereocenters. The molecule has 0 atom stereocenters. The summed E-state index contributed by atoms with van der Waals surface area (Å²) >= 11 is 0. The number of carbonyl (C=O) groups excluding carboxylic acids is 1. The van der Waals surface area contributed by atoms with Gasteiger partial charge in [0.15, 0.2) is 0 Å². The summed E-state index contributed by atoms with van der Waals surface area (Å²) < 4.78 is 0. The molecule has 4 fully saturated rings. The molecule has 22 heavy (non-hydrogen) atoms. The second-order valence-electron chi connectivity index (χ2n) is 7.39. The van der Waals surface area contributed by atoms with Crippen molar-refractivity contribution < 1.29 is 9.72 Å². The molecule has 1 amide bonds. The van der Waals surface area contributed by atoms with Gasteiger partial charge in [0, 0.05) is 12.6 Å². The van der Waals surface area contributed by atoms with Crippen LogP contribution in [-0.4, -0.2) is 38.5 Å². The van der Waals surface area contributed by atoms with Gasteiger partial charge in [-0.3, -0.25) is 20.0 Å². The molecule has 4 bridgehead atoms. The number of rotatable bonds is 3. The molecule has 0 spiro atoms. The molecule has 1 aromatic heterocycles. The topological polar surface area (TPSA) is 92.1 Å². The fraction of sp³-hybridized carbons (Fsp3) is 0.733. The molecule has 118 valence electrons. The molecule has 0 saturated heterocycles. The van der Waals surface area contributed by atoms with Gasteiger partial charge in [-0.25, -0.2) is 0 Å². The predicted molar refractivity (Wildman–Crippen MR) is 78.2 cm³/mol. The SMILES string of the molecule is CN(C(=O)c1[nH]ncc1[N+](=O)[O-])C12CC3CC(CC(C3)C1)C2. The van der Waals surface area contributed by atoms with E-state index in [1.165, 1.54) is 19.3 Å². The number of carbonyl (C=O) groups is 1. The monoisotopic (exact) mass is 304 g/mol. The van der Waals surface area contributed by atoms with Crippen molar-refractivity contribution in [3.05, 3.63) is 22.0 Å². The Balaban J connectivity index is 1.64. The van der Waals surface area contributed by atoms with Crippen molar-refractivity contribution in [3.63, 3.8) is 0 Å². The average Bonchev–Trinajstić information content (AvgIpc) is 2.93. The largest absolute Gasteiger partial charge is 0.334 e. The summed E-state index contributed by atoms with van der Waals surface area (Å²) in [4.78, 5) is 25.1. The van der Waals surface area contributed by atoms with E-state index in [1.807, 2.05) is 0 Å². The smallest absolute Gasteiger partial charge is 0.319 e. The first-order chi connectivity index (χ1) is 10.5. The van der Waals surface area contributed by atoms with Gasteiger partial charge in [-0.1, -0.05) is 0 Å². The second kappa shape index (κ2) is 4.54. The zero-order valence-electron chi connectivity index (χ0n) is 12.6. The number of hydrogen-bond donors (Lipinski definition) is 1. The van der Waals surface area contributed by atoms with Crippen molar-refractivity contribution in [2.45, 2.75) is 44.1 Å². The summed E-state index contributed by atoms with van der Waals surface area (Å²) in [6.07, 6.45) is 8.14. The van der Waals surface area contributed by atoms with E-state index in [0.717, 1.165) is 43.2 Å². The first-order valence-corrected chi connectivity index (χ1v) is 7.94. The quantitative estimate of drug-likeness (QED) is 0.685. The van der Waals surface area contributed by atoms with E-state index < -0.39 is 4.92 Å². The predicted octanol–water partition coefficient (Wildman–Crippen LogP) is 2.36. The maximum atomic E-state index is 12.8. The van der Waals surface area contributed by atoms with Crippen LogP contribution in [0.4, 0.5) is 5.69 Å². The third-order valence-corrected chi connectivity index (χ3v) is 6.05. The maximum absolute atomic E-state index is 12.8. The van der Waals surface area contributed by atoms with Crippen LogP contribution in [-0.2, 0) is 0 Å². The van der Waals surface area contributed by atoms with E-state index in [2.05, 4.69) is 10.2 Å². The molecular weight excluding hydrogens is 284 g/mol. The first kappa shape index (κ1) is 13.7. The molecule has 4 aliphatic carbocycles. The Labute approximate surface area is 128 Å². The minimum Gasteiger partial charge on any atom is -0.334 e. The molecule has 4 saturated carbocycles. The Kier molecular flexibility index (Phi) is 2.83. The zero-order chi connectivity index (χ0) is 15.5. The Morgan fingerprint density at radius 2 is 1.86 bits per heavy atom. The van der Waals surface area contributed by atoms with Gasteiger partial charge in [-0.15, -0.1) is 0 Å². The van der Waals surface area contributed by atoms with Crippen LogP contribution >= 0.6 is 0 Å². The van der Waals surface area contributed by atoms with Crippen LogP contribution in [0, 0.1) is 27.9 Å². The molecule has 1 aromatic rings. The maximum Gasteiger partial charge on any atom is 0.319 e. The highest BCUT2D eigenvalue weighted by molar-refractivity contribution is 5.96. The highest BCUT2D eigenvalue weighted by Gasteiger charge is 2.54. The molecule has 4 aliphatic rings. The van der Waals surface area contributed by atoms with Gasteiger partial charge < -0.3 is 4.90 Å². The van der Waals surface area contributed by atoms with Crippen LogP contribution < -0.4 is 0 Å². The van der Waals surface area contributed by atoms with Crippen molar-refractivity contribution in [2.75, 3.05) is 7.05 Å². The minimum atomic E-state index is -0.551. The summed E-state index contributed by atoms with van der Waals surface area (Å²) in [7, 11) is 1.81. The zero-order valence-corrected chi connectivity index (χ0v) is 12.6. The van der Waals surface area contributed by atoms with Crippen molar-refractivity contribution in [3.8, 4) is 0 Å². The van der Waals surface area contributed by atoms with Crippen molar-refractivity contribution in [1.82, 2.24) is 15.1 Å². The highest BCUT2D eigenvalue weighted by atomic mass is 16.6. The molecule has 5 rings (SSSR count). The number of aromatic amines is 1. The summed E-state index contributed by atoms with van der Waals surface area (Å²) in [6, 6.07) is 0. The van der Waals surface area contributed by atoms with Gasteiger partial charge in [-0.05, 0) is 56.3 Å². The summed E-state index contributed by atoms with van der Waals surface area (Å²) in [5.74, 6) is 1.86. The lowest BCUT2D eigenvalue weighted by Gasteiger charge is -2.59. The van der Waals surface area contributed by atoms with Crippen LogP contribution in [0.5, 0.6) is 0 Å². The Bertz CT molecular complexity index is 603. The van der Waals surface area contributed by atoms with Crippen LogP contribution in [0.2, 0.25) is 0 Å². The molecule has 0 radical (unpaired) electrons. The third kappa shape index (κ3) is 1.87. The van der Waals surface area contributed by atoms with Crippen LogP contribution in [0.3, 0.4) is 0 Å². The van der Waals surface area contributed by atoms with Crippen molar-refractivity contribution in [2.24, 2.45) is 17.8 Å². The number of aromatic nitrogens is 2. The van der Waals surface area contributed by atoms with Gasteiger partial charge in [-0.2, -0.15) is 5.10 Å². The summed E-state index contributed by atoms with van der Waals surface area (Å²) in [5.41, 5.74) is -0.338. The molecule has 7 heteroatoms. The molecule has 1 heterocycles. The van der Waals surface area contributed by atoms with Gasteiger partial charge in [0.1, 0.15) is 6.20 Å². The fourth-order valence-electron chi connectivity index (χ4n) is 5.43. The van der Waals surface area contributed by atoms with E-state index in [0.29, 0.717) is 0 Å². The van der Waals surface area contributed by atoms with Gasteiger partial charge in [0.25, 0.3) is 5.91 Å². The van der Waals surface area contributed by atoms with E-state index in [1.54, 1.807) is 11.9 Å². The number of nitrogens with zero attached hydrogens (tertiary/aromatic N) is 3. The summed E-state index contributed by atoms with van der Waals surface area (Å²) in [5, 5.41) is 17.2. The van der Waals surface area contributed by atoms with Gasteiger partial charge in [0.05, 0.1) is 4.92 Å². The Hall–Kier alpha value is -1.92. The molecule has 7 nitrogen and oxygen atoms in total. The Morgan fingerprint density at radius 3 is 2.36 bits per heavy atom. The van der Waals surface area contributed by atoms with Gasteiger partial charge >= 0.3 is 5.69 Å². The second-order valence-corrected chi connectivity index (χ2v) is 7.39. The number of nitro groups is 1. The van der Waals surface area contributed by atoms with E-state index in [4.69, 9.17) is 0 Å². The van der Waals surface area contributed by atoms with Crippen molar-refractivity contribution >= 4 is 11.6 Å². The Morgan fingerprint density at radius 1 is 1.32 bits per heavy atom. The van der Waals surface area contributed by atoms with Crippen LogP contribution in [0.1, 0.15) is 49.0 Å². The summed E-state index contributed by atoms with van der Waals surface area (Å²) in [6.45, 7) is 0. The standard InChI is InChI=1S/C15H20N4O3/c1-18(14(20)13-12(19(21)22)8-16-17-13)15-5-9-2-10(6-15)4-11(3-9)7-15/h8-11H,2-7H2,1H3,(H,16,17). The van der Waals surface area contributed by atoms with E-state index >= 15 is 0 Å². The number of H-pyrrole nitrogens is 1. The minimum absolute atomic E-state index is 0.00301. The van der Waals surface area contributed by atoms with Crippen molar-refractivity contribution in [1.29, 1.82) is 0 Å². The number of amides is 1. The van der Waals surface area contributed by atoms with E-state index in [-0.39, 0.29) is 22.8 Å². The molecule has 1 N–H and O–H groups in total. The van der Waals surface area contributed by atoms with Gasteiger partial charge in [0.2, 0.25) is 5.69 Å². The molecule has 0 aliphatic heterocycles. The van der Waals surface area contributed by atoms with Crippen LogP contribution in [0.15, 0.2) is 6.20 Å². The lowest BCUT2D eigenvalue weighted by Crippen LogP contribution is -2.60. The third-order valence-electron chi connectivity index (χ3n) is 6.05. The lowest BCUT2D eigenvalue weighted by atomic mass is 9.52. The fourth-order valence-corrected chi connectivity index (χ4v) is 5.43. The first-order valence-electron chi connectivity index (χ1n) is 7.94. The van der Waals surface area contributed by atoms with E-state index in [9.17, 15) is 14.9 Å². The average molecular weight is 304 g/mol. The normalized spacial score (nSPS) is 35.6. The molecule has 0 aromatic carbocycles. The van der Waals surface area contributed by atoms with Crippen LogP contribution in [0.25, 0.3) is 0 Å².